The van der Waals surface area contributed by atoms with E-state index in [-0.39, 0.29) is 11.9 Å². The van der Waals surface area contributed by atoms with E-state index < -0.39 is 0 Å². The van der Waals surface area contributed by atoms with Crippen LogP contribution in [-0.4, -0.2) is 18.7 Å². The van der Waals surface area contributed by atoms with Gasteiger partial charge in [0.05, 0.1) is 6.10 Å². The minimum absolute atomic E-state index is 0.00406. The molecule has 0 unspecified atom stereocenters. The molecule has 3 heteroatoms. The van der Waals surface area contributed by atoms with E-state index in [1.807, 2.05) is 19.9 Å². The van der Waals surface area contributed by atoms with Crippen LogP contribution in [-0.2, 0) is 6.42 Å². The van der Waals surface area contributed by atoms with Crippen LogP contribution in [0.2, 0.25) is 0 Å². The third-order valence-corrected chi connectivity index (χ3v) is 3.56. The van der Waals surface area contributed by atoms with Crippen molar-refractivity contribution in [3.63, 3.8) is 0 Å². The molecule has 0 atom stereocenters. The van der Waals surface area contributed by atoms with Gasteiger partial charge in [-0.05, 0) is 57.4 Å². The highest BCUT2D eigenvalue weighted by Crippen LogP contribution is 2.20. The van der Waals surface area contributed by atoms with Crippen molar-refractivity contribution in [3.8, 4) is 5.75 Å². The van der Waals surface area contributed by atoms with Crippen LogP contribution < -0.4 is 10.1 Å². The molecule has 19 heavy (non-hydrogen) atoms. The van der Waals surface area contributed by atoms with Gasteiger partial charge in [-0.25, -0.2) is 4.39 Å². The Morgan fingerprint density at radius 2 is 2.05 bits per heavy atom. The van der Waals surface area contributed by atoms with Crippen LogP contribution in [0.5, 0.6) is 5.75 Å². The lowest BCUT2D eigenvalue weighted by Crippen LogP contribution is -2.28. The molecular weight excluding hydrogens is 241 g/mol. The minimum Gasteiger partial charge on any atom is -0.488 e. The molecule has 1 aliphatic rings. The van der Waals surface area contributed by atoms with Crippen LogP contribution in [0.4, 0.5) is 4.39 Å². The van der Waals surface area contributed by atoms with E-state index in [1.54, 1.807) is 12.1 Å². The maximum absolute atomic E-state index is 13.8. The molecule has 2 nitrogen and oxygen atoms in total. The molecule has 0 radical (unpaired) electrons. The van der Waals surface area contributed by atoms with Gasteiger partial charge in [-0.3, -0.25) is 0 Å². The zero-order valence-electron chi connectivity index (χ0n) is 11.9. The number of hydrogen-bond acceptors (Lipinski definition) is 2. The van der Waals surface area contributed by atoms with Crippen molar-refractivity contribution in [3.05, 3.63) is 29.6 Å². The third kappa shape index (κ3) is 4.50. The number of hydrogen-bond donors (Lipinski definition) is 1. The van der Waals surface area contributed by atoms with E-state index in [0.29, 0.717) is 11.8 Å². The van der Waals surface area contributed by atoms with Crippen molar-refractivity contribution >= 4 is 0 Å². The van der Waals surface area contributed by atoms with Gasteiger partial charge in [0.1, 0.15) is 0 Å². The average molecular weight is 265 g/mol. The van der Waals surface area contributed by atoms with E-state index in [9.17, 15) is 4.39 Å². The molecule has 0 aromatic heterocycles. The Bertz CT molecular complexity index is 400. The summed E-state index contributed by atoms with van der Waals surface area (Å²) in [5, 5.41) is 3.54. The van der Waals surface area contributed by atoms with Gasteiger partial charge in [0, 0.05) is 6.04 Å². The number of halogens is 1. The first-order valence-corrected chi connectivity index (χ1v) is 7.33. The molecule has 0 heterocycles. The predicted molar refractivity (Wildman–Crippen MR) is 76.1 cm³/mol. The van der Waals surface area contributed by atoms with Gasteiger partial charge in [-0.1, -0.05) is 18.9 Å². The van der Waals surface area contributed by atoms with Gasteiger partial charge in [0.25, 0.3) is 0 Å². The molecule has 0 aliphatic heterocycles. The molecule has 0 saturated heterocycles. The highest BCUT2D eigenvalue weighted by Gasteiger charge is 2.13. The van der Waals surface area contributed by atoms with E-state index in [4.69, 9.17) is 4.74 Å². The lowest BCUT2D eigenvalue weighted by molar-refractivity contribution is 0.231. The summed E-state index contributed by atoms with van der Waals surface area (Å²) in [6.45, 7) is 4.73. The third-order valence-electron chi connectivity index (χ3n) is 3.56. The van der Waals surface area contributed by atoms with Crippen LogP contribution >= 0.6 is 0 Å². The maximum Gasteiger partial charge on any atom is 0.165 e. The summed E-state index contributed by atoms with van der Waals surface area (Å²) >= 11 is 0. The fourth-order valence-corrected chi connectivity index (χ4v) is 2.60. The summed E-state index contributed by atoms with van der Waals surface area (Å²) < 4.78 is 19.2. The zero-order valence-corrected chi connectivity index (χ0v) is 11.9. The summed E-state index contributed by atoms with van der Waals surface area (Å²) in [5.41, 5.74) is 1.03. The second-order valence-corrected chi connectivity index (χ2v) is 5.62. The normalized spacial score (nSPS) is 16.2. The first kappa shape index (κ1) is 14.3. The fourth-order valence-electron chi connectivity index (χ4n) is 2.60. The van der Waals surface area contributed by atoms with Crippen LogP contribution in [0.3, 0.4) is 0 Å². The molecule has 1 aromatic carbocycles. The summed E-state index contributed by atoms with van der Waals surface area (Å²) in [6, 6.07) is 5.96. The molecule has 1 aromatic rings. The van der Waals surface area contributed by atoms with Crippen LogP contribution in [0, 0.1) is 5.82 Å². The summed E-state index contributed by atoms with van der Waals surface area (Å²) in [4.78, 5) is 0. The van der Waals surface area contributed by atoms with Gasteiger partial charge in [0.2, 0.25) is 0 Å². The zero-order chi connectivity index (χ0) is 13.7. The molecule has 1 N–H and O–H groups in total. The molecule has 1 saturated carbocycles. The number of nitrogens with one attached hydrogen (secondary N) is 1. The van der Waals surface area contributed by atoms with Crippen molar-refractivity contribution in [1.82, 2.24) is 5.32 Å². The standard InChI is InChI=1S/C16H24FNO/c1-12(2)19-16-8-7-13(11-15(16)17)9-10-18-14-5-3-4-6-14/h7-8,11-12,14,18H,3-6,9-10H2,1-2H3. The molecular formula is C16H24FNO. The molecule has 1 aliphatic carbocycles. The second-order valence-electron chi connectivity index (χ2n) is 5.62. The van der Waals surface area contributed by atoms with E-state index in [1.165, 1.54) is 25.7 Å². The van der Waals surface area contributed by atoms with E-state index in [0.717, 1.165) is 18.5 Å². The van der Waals surface area contributed by atoms with Gasteiger partial charge in [-0.15, -0.1) is 0 Å². The summed E-state index contributed by atoms with van der Waals surface area (Å²) in [5.74, 6) is 0.0922. The van der Waals surface area contributed by atoms with E-state index in [2.05, 4.69) is 5.32 Å². The topological polar surface area (TPSA) is 21.3 Å². The number of rotatable bonds is 6. The maximum atomic E-state index is 13.8. The Hall–Kier alpha value is -1.09. The molecule has 0 amide bonds. The summed E-state index contributed by atoms with van der Waals surface area (Å²) in [6.07, 6.45) is 6.13. The predicted octanol–water partition coefficient (Wildman–Crippen LogP) is 3.69. The Balaban J connectivity index is 1.81. The highest BCUT2D eigenvalue weighted by atomic mass is 19.1. The Morgan fingerprint density at radius 3 is 2.68 bits per heavy atom. The largest absolute Gasteiger partial charge is 0.488 e. The molecule has 1 fully saturated rings. The quantitative estimate of drug-likeness (QED) is 0.847. The van der Waals surface area contributed by atoms with Crippen LogP contribution in [0.1, 0.15) is 45.1 Å². The number of ether oxygens (including phenoxy) is 1. The first-order chi connectivity index (χ1) is 9.15. The highest BCUT2D eigenvalue weighted by molar-refractivity contribution is 5.29. The monoisotopic (exact) mass is 265 g/mol. The number of benzene rings is 1. The smallest absolute Gasteiger partial charge is 0.165 e. The van der Waals surface area contributed by atoms with Gasteiger partial charge >= 0.3 is 0 Å². The van der Waals surface area contributed by atoms with Crippen LogP contribution in [0.15, 0.2) is 18.2 Å². The average Bonchev–Trinajstić information content (AvgIpc) is 2.85. The van der Waals surface area contributed by atoms with Crippen molar-refractivity contribution < 1.29 is 9.13 Å². The lowest BCUT2D eigenvalue weighted by atomic mass is 10.1. The van der Waals surface area contributed by atoms with Crippen molar-refractivity contribution in [2.24, 2.45) is 0 Å². The van der Waals surface area contributed by atoms with E-state index >= 15 is 0 Å². The fraction of sp³-hybridized carbons (Fsp3) is 0.625. The van der Waals surface area contributed by atoms with Gasteiger partial charge in [0.15, 0.2) is 11.6 Å². The Labute approximate surface area is 115 Å². The molecule has 0 spiro atoms. The van der Waals surface area contributed by atoms with Crippen molar-refractivity contribution in [2.45, 2.75) is 58.1 Å². The molecule has 106 valence electrons. The lowest BCUT2D eigenvalue weighted by Gasteiger charge is -2.13. The SMILES string of the molecule is CC(C)Oc1ccc(CCNC2CCCC2)cc1F. The molecule has 2 rings (SSSR count). The van der Waals surface area contributed by atoms with Crippen molar-refractivity contribution in [2.75, 3.05) is 6.54 Å². The van der Waals surface area contributed by atoms with Crippen LogP contribution in [0.25, 0.3) is 0 Å². The Kier molecular flexibility index (Phi) is 5.20. The Morgan fingerprint density at radius 1 is 1.32 bits per heavy atom. The first-order valence-electron chi connectivity index (χ1n) is 7.33. The molecule has 0 bridgehead atoms. The van der Waals surface area contributed by atoms with Gasteiger partial charge in [-0.2, -0.15) is 0 Å². The summed E-state index contributed by atoms with van der Waals surface area (Å²) in [7, 11) is 0. The van der Waals surface area contributed by atoms with Gasteiger partial charge < -0.3 is 10.1 Å². The second kappa shape index (κ2) is 6.90. The minimum atomic E-state index is -0.257. The van der Waals surface area contributed by atoms with Crippen molar-refractivity contribution in [1.29, 1.82) is 0 Å².